The molecule has 1 aromatic carbocycles. The number of nitrogens with two attached hydrogens (primary N) is 1. The fourth-order valence-electron chi connectivity index (χ4n) is 1.37. The third-order valence-electron chi connectivity index (χ3n) is 1.92. The quantitative estimate of drug-likeness (QED) is 0.606. The Balaban J connectivity index is 2.60. The van der Waals surface area contributed by atoms with Crippen molar-refractivity contribution in [3.05, 3.63) is 34.3 Å². The van der Waals surface area contributed by atoms with E-state index < -0.39 is 0 Å². The Hall–Kier alpha value is -0.530. The van der Waals surface area contributed by atoms with E-state index in [0.717, 1.165) is 17.0 Å². The SMILES string of the molecule is NC1Cc2ccc(Cl)c1c2. The van der Waals surface area contributed by atoms with Gasteiger partial charge in [0.1, 0.15) is 0 Å². The zero-order valence-corrected chi connectivity index (χ0v) is 6.23. The summed E-state index contributed by atoms with van der Waals surface area (Å²) in [7, 11) is 0. The molecule has 10 heavy (non-hydrogen) atoms. The van der Waals surface area contributed by atoms with Gasteiger partial charge in [-0.3, -0.25) is 0 Å². The average Bonchev–Trinajstić information content (AvgIpc) is 2.21. The Kier molecular flexibility index (Phi) is 1.22. The van der Waals surface area contributed by atoms with Crippen molar-refractivity contribution < 1.29 is 0 Å². The van der Waals surface area contributed by atoms with E-state index in [2.05, 4.69) is 6.07 Å². The second-order valence-corrected chi connectivity index (χ2v) is 3.07. The minimum Gasteiger partial charge on any atom is -0.324 e. The molecular weight excluding hydrogens is 146 g/mol. The molecule has 0 saturated carbocycles. The van der Waals surface area contributed by atoms with Gasteiger partial charge < -0.3 is 5.73 Å². The first-order chi connectivity index (χ1) is 4.77. The van der Waals surface area contributed by atoms with Gasteiger partial charge in [-0.25, -0.2) is 0 Å². The highest BCUT2D eigenvalue weighted by Crippen LogP contribution is 2.31. The molecule has 1 aromatic rings. The summed E-state index contributed by atoms with van der Waals surface area (Å²) in [6.45, 7) is 0. The predicted octanol–water partition coefficient (Wildman–Crippen LogP) is 1.90. The molecule has 2 heteroatoms. The van der Waals surface area contributed by atoms with Crippen LogP contribution in [-0.2, 0) is 6.42 Å². The molecule has 0 heterocycles. The molecule has 1 nitrogen and oxygen atoms in total. The number of hydrogen-bond donors (Lipinski definition) is 1. The summed E-state index contributed by atoms with van der Waals surface area (Å²) in [5.74, 6) is 0. The highest BCUT2D eigenvalue weighted by Gasteiger charge is 2.17. The second-order valence-electron chi connectivity index (χ2n) is 2.67. The van der Waals surface area contributed by atoms with Crippen LogP contribution < -0.4 is 5.73 Å². The molecule has 0 radical (unpaired) electrons. The highest BCUT2D eigenvalue weighted by molar-refractivity contribution is 6.31. The molecule has 2 N–H and O–H groups in total. The first kappa shape index (κ1) is 6.20. The smallest absolute Gasteiger partial charge is 0.0454 e. The Morgan fingerprint density at radius 3 is 3.00 bits per heavy atom. The summed E-state index contributed by atoms with van der Waals surface area (Å²) in [5, 5.41) is 0.800. The molecule has 1 aliphatic rings. The van der Waals surface area contributed by atoms with E-state index >= 15 is 0 Å². The third-order valence-corrected chi connectivity index (χ3v) is 2.26. The zero-order valence-electron chi connectivity index (χ0n) is 5.47. The van der Waals surface area contributed by atoms with Crippen molar-refractivity contribution in [2.45, 2.75) is 12.5 Å². The monoisotopic (exact) mass is 153 g/mol. The van der Waals surface area contributed by atoms with Gasteiger partial charge in [0.05, 0.1) is 0 Å². The van der Waals surface area contributed by atoms with Crippen molar-refractivity contribution in [1.29, 1.82) is 0 Å². The Bertz CT molecular complexity index is 270. The minimum atomic E-state index is 0.137. The minimum absolute atomic E-state index is 0.137. The fourth-order valence-corrected chi connectivity index (χ4v) is 1.63. The largest absolute Gasteiger partial charge is 0.324 e. The van der Waals surface area contributed by atoms with Gasteiger partial charge >= 0.3 is 0 Å². The van der Waals surface area contributed by atoms with E-state index in [0.29, 0.717) is 0 Å². The zero-order chi connectivity index (χ0) is 7.14. The van der Waals surface area contributed by atoms with Gasteiger partial charge in [0.15, 0.2) is 0 Å². The Morgan fingerprint density at radius 2 is 2.30 bits per heavy atom. The van der Waals surface area contributed by atoms with Gasteiger partial charge in [0.25, 0.3) is 0 Å². The van der Waals surface area contributed by atoms with Crippen LogP contribution in [0.15, 0.2) is 18.2 Å². The van der Waals surface area contributed by atoms with Crippen molar-refractivity contribution in [3.63, 3.8) is 0 Å². The third kappa shape index (κ3) is 0.746. The van der Waals surface area contributed by atoms with Crippen LogP contribution in [0.4, 0.5) is 0 Å². The summed E-state index contributed by atoms with van der Waals surface area (Å²) >= 11 is 5.87. The fraction of sp³-hybridized carbons (Fsp3) is 0.250. The summed E-state index contributed by atoms with van der Waals surface area (Å²) in [6, 6.07) is 6.16. The number of benzene rings is 1. The molecule has 1 unspecified atom stereocenters. The van der Waals surface area contributed by atoms with Crippen molar-refractivity contribution >= 4 is 11.6 Å². The van der Waals surface area contributed by atoms with E-state index in [1.165, 1.54) is 5.56 Å². The Morgan fingerprint density at radius 1 is 1.50 bits per heavy atom. The van der Waals surface area contributed by atoms with E-state index in [1.54, 1.807) is 0 Å². The molecule has 0 spiro atoms. The molecule has 52 valence electrons. The highest BCUT2D eigenvalue weighted by atomic mass is 35.5. The van der Waals surface area contributed by atoms with Crippen molar-refractivity contribution in [1.82, 2.24) is 0 Å². The summed E-state index contributed by atoms with van der Waals surface area (Å²) < 4.78 is 0. The van der Waals surface area contributed by atoms with Crippen LogP contribution in [0.1, 0.15) is 17.2 Å². The summed E-state index contributed by atoms with van der Waals surface area (Å²) in [6.07, 6.45) is 0.946. The van der Waals surface area contributed by atoms with Crippen LogP contribution in [0.25, 0.3) is 0 Å². The Labute approximate surface area is 64.8 Å². The first-order valence-electron chi connectivity index (χ1n) is 3.31. The van der Waals surface area contributed by atoms with Gasteiger partial charge in [-0.1, -0.05) is 23.7 Å². The normalized spacial score (nSPS) is 21.6. The molecule has 0 aliphatic heterocycles. The van der Waals surface area contributed by atoms with Gasteiger partial charge in [-0.15, -0.1) is 0 Å². The van der Waals surface area contributed by atoms with Crippen LogP contribution in [0.3, 0.4) is 0 Å². The molecule has 0 saturated heterocycles. The number of fused-ring (bicyclic) bond motifs is 2. The standard InChI is InChI=1S/C8H8ClN/c9-7-2-1-5-3-6(7)8(10)4-5/h1-3,8H,4,10H2. The van der Waals surface area contributed by atoms with E-state index in [4.69, 9.17) is 17.3 Å². The summed E-state index contributed by atoms with van der Waals surface area (Å²) in [4.78, 5) is 0. The predicted molar refractivity (Wildman–Crippen MR) is 42.1 cm³/mol. The van der Waals surface area contributed by atoms with Crippen molar-refractivity contribution in [2.75, 3.05) is 0 Å². The number of rotatable bonds is 0. The van der Waals surface area contributed by atoms with Crippen molar-refractivity contribution in [2.24, 2.45) is 5.73 Å². The molecule has 0 amide bonds. The number of hydrogen-bond acceptors (Lipinski definition) is 1. The maximum atomic E-state index is 5.87. The lowest BCUT2D eigenvalue weighted by atomic mass is 10.2. The maximum Gasteiger partial charge on any atom is 0.0454 e. The first-order valence-corrected chi connectivity index (χ1v) is 3.69. The van der Waals surface area contributed by atoms with Crippen LogP contribution >= 0.6 is 11.6 Å². The lowest BCUT2D eigenvalue weighted by Gasteiger charge is -2.01. The van der Waals surface area contributed by atoms with Gasteiger partial charge in [0.2, 0.25) is 0 Å². The number of halogens is 1. The molecular formula is C8H8ClN. The van der Waals surface area contributed by atoms with Crippen LogP contribution in [0, 0.1) is 0 Å². The second kappa shape index (κ2) is 1.97. The maximum absolute atomic E-state index is 5.87. The van der Waals surface area contributed by atoms with E-state index in [1.807, 2.05) is 12.1 Å². The summed E-state index contributed by atoms with van der Waals surface area (Å²) in [5.41, 5.74) is 8.17. The van der Waals surface area contributed by atoms with Crippen molar-refractivity contribution in [3.8, 4) is 0 Å². The van der Waals surface area contributed by atoms with Crippen LogP contribution in [0.5, 0.6) is 0 Å². The topological polar surface area (TPSA) is 26.0 Å². The van der Waals surface area contributed by atoms with Gasteiger partial charge in [0, 0.05) is 11.1 Å². The average molecular weight is 154 g/mol. The van der Waals surface area contributed by atoms with Crippen LogP contribution in [0.2, 0.25) is 5.02 Å². The molecule has 1 aliphatic carbocycles. The van der Waals surface area contributed by atoms with Gasteiger partial charge in [-0.05, 0) is 23.6 Å². The lowest BCUT2D eigenvalue weighted by molar-refractivity contribution is 0.760. The molecule has 2 rings (SSSR count). The van der Waals surface area contributed by atoms with E-state index in [-0.39, 0.29) is 6.04 Å². The molecule has 1 atom stereocenters. The molecule has 0 fully saturated rings. The van der Waals surface area contributed by atoms with Crippen LogP contribution in [-0.4, -0.2) is 0 Å². The lowest BCUT2D eigenvalue weighted by Crippen LogP contribution is -2.07. The van der Waals surface area contributed by atoms with E-state index in [9.17, 15) is 0 Å². The molecule has 0 aromatic heterocycles. The molecule has 2 bridgehead atoms. The van der Waals surface area contributed by atoms with Gasteiger partial charge in [-0.2, -0.15) is 0 Å².